The van der Waals surface area contributed by atoms with E-state index in [0.29, 0.717) is 38.8 Å². The van der Waals surface area contributed by atoms with Crippen molar-refractivity contribution < 1.29 is 9.53 Å². The first kappa shape index (κ1) is 20.5. The van der Waals surface area contributed by atoms with Crippen LogP contribution in [0.25, 0.3) is 0 Å². The number of carbonyl (C=O) groups is 1. The topological polar surface area (TPSA) is 119 Å². The van der Waals surface area contributed by atoms with Gasteiger partial charge in [0.15, 0.2) is 6.61 Å². The lowest BCUT2D eigenvalue weighted by Crippen LogP contribution is -2.20. The third-order valence-corrected chi connectivity index (χ3v) is 5.12. The van der Waals surface area contributed by atoms with E-state index in [2.05, 4.69) is 15.5 Å². The molecule has 0 radical (unpaired) electrons. The molecule has 10 heteroatoms. The highest BCUT2D eigenvalue weighted by molar-refractivity contribution is 7.98. The van der Waals surface area contributed by atoms with Crippen LogP contribution in [0.15, 0.2) is 47.6 Å². The van der Waals surface area contributed by atoms with Gasteiger partial charge in [-0.05, 0) is 42.8 Å². The monoisotopic (exact) mass is 428 g/mol. The summed E-state index contributed by atoms with van der Waals surface area (Å²) in [7, 11) is 0. The van der Waals surface area contributed by atoms with Crippen LogP contribution in [-0.4, -0.2) is 27.4 Å². The molecule has 8 nitrogen and oxygen atoms in total. The summed E-state index contributed by atoms with van der Waals surface area (Å²) in [5, 5.41) is 20.7. The van der Waals surface area contributed by atoms with Gasteiger partial charge >= 0.3 is 0 Å². The smallest absolute Gasteiger partial charge is 0.262 e. The van der Waals surface area contributed by atoms with E-state index in [1.165, 1.54) is 22.5 Å². The first-order valence-electron chi connectivity index (χ1n) is 8.47. The zero-order valence-corrected chi connectivity index (χ0v) is 17.0. The lowest BCUT2D eigenvalue weighted by atomic mass is 10.2. The number of aryl methyl sites for hydroxylation is 1. The molecule has 1 heterocycles. The highest BCUT2D eigenvalue weighted by Crippen LogP contribution is 2.22. The van der Waals surface area contributed by atoms with Crippen molar-refractivity contribution in [2.45, 2.75) is 17.8 Å². The number of nitrogens with one attached hydrogen (secondary N) is 1. The van der Waals surface area contributed by atoms with Crippen LogP contribution >= 0.6 is 23.4 Å². The van der Waals surface area contributed by atoms with Crippen molar-refractivity contribution in [3.63, 3.8) is 0 Å². The number of hydrogen-bond acceptors (Lipinski definition) is 7. The number of amides is 1. The summed E-state index contributed by atoms with van der Waals surface area (Å²) in [4.78, 5) is 12.1. The fourth-order valence-corrected chi connectivity index (χ4v) is 3.36. The average Bonchev–Trinajstić information content (AvgIpc) is 3.04. The minimum absolute atomic E-state index is 0.193. The van der Waals surface area contributed by atoms with E-state index >= 15 is 0 Å². The number of benzene rings is 2. The van der Waals surface area contributed by atoms with E-state index in [0.717, 1.165) is 5.56 Å². The predicted molar refractivity (Wildman–Crippen MR) is 111 cm³/mol. The Bertz CT molecular complexity index is 1060. The lowest BCUT2D eigenvalue weighted by Gasteiger charge is -2.09. The molecule has 0 bridgehead atoms. The van der Waals surface area contributed by atoms with Gasteiger partial charge < -0.3 is 15.9 Å². The molecule has 148 valence electrons. The highest BCUT2D eigenvalue weighted by Gasteiger charge is 2.09. The molecule has 29 heavy (non-hydrogen) atoms. The van der Waals surface area contributed by atoms with E-state index in [1.807, 2.05) is 18.2 Å². The summed E-state index contributed by atoms with van der Waals surface area (Å²) < 4.78 is 6.95. The minimum Gasteiger partial charge on any atom is -0.484 e. The summed E-state index contributed by atoms with van der Waals surface area (Å²) in [6.07, 6.45) is 0. The van der Waals surface area contributed by atoms with Crippen LogP contribution in [-0.2, 0) is 10.5 Å². The molecule has 0 aliphatic carbocycles. The van der Waals surface area contributed by atoms with Crippen molar-refractivity contribution in [2.75, 3.05) is 17.8 Å². The van der Waals surface area contributed by atoms with Gasteiger partial charge in [-0.1, -0.05) is 35.5 Å². The Kier molecular flexibility index (Phi) is 6.59. The van der Waals surface area contributed by atoms with Crippen LogP contribution in [0.5, 0.6) is 5.75 Å². The molecular formula is C19H17ClN6O2S. The molecule has 1 aromatic heterocycles. The molecule has 0 spiro atoms. The average molecular weight is 429 g/mol. The molecule has 0 unspecified atom stereocenters. The lowest BCUT2D eigenvalue weighted by molar-refractivity contribution is -0.118. The summed E-state index contributed by atoms with van der Waals surface area (Å²) in [6, 6.07) is 14.0. The number of ether oxygens (including phenoxy) is 1. The van der Waals surface area contributed by atoms with Crippen LogP contribution in [0.4, 0.5) is 5.69 Å². The maximum atomic E-state index is 12.1. The zero-order valence-electron chi connectivity index (χ0n) is 15.4. The number of thioether (sulfide) groups is 1. The maximum Gasteiger partial charge on any atom is 0.262 e. The van der Waals surface area contributed by atoms with E-state index in [1.54, 1.807) is 31.2 Å². The normalized spacial score (nSPS) is 10.4. The van der Waals surface area contributed by atoms with Gasteiger partial charge in [0.05, 0.1) is 11.3 Å². The van der Waals surface area contributed by atoms with E-state index in [4.69, 9.17) is 27.4 Å². The number of nitrogens with zero attached hydrogens (tertiary/aromatic N) is 4. The number of nitrogen functional groups attached to an aromatic ring is 1. The van der Waals surface area contributed by atoms with Gasteiger partial charge in [0.1, 0.15) is 17.6 Å². The molecule has 0 aliphatic heterocycles. The summed E-state index contributed by atoms with van der Waals surface area (Å²) >= 11 is 7.38. The SMILES string of the molecule is Cc1nnc(SCc2ccc(OCC(=O)Nc3cc(Cl)ccc3C#N)cc2)n1N. The Labute approximate surface area is 176 Å². The first-order chi connectivity index (χ1) is 14.0. The quantitative estimate of drug-likeness (QED) is 0.438. The fraction of sp³-hybridized carbons (Fsp3) is 0.158. The largest absolute Gasteiger partial charge is 0.484 e. The van der Waals surface area contributed by atoms with Gasteiger partial charge in [-0.3, -0.25) is 4.79 Å². The molecular weight excluding hydrogens is 412 g/mol. The Morgan fingerprint density at radius 1 is 1.31 bits per heavy atom. The number of hydrogen-bond donors (Lipinski definition) is 2. The van der Waals surface area contributed by atoms with Crippen molar-refractivity contribution >= 4 is 35.0 Å². The third-order valence-electron chi connectivity index (χ3n) is 3.87. The predicted octanol–water partition coefficient (Wildman–Crippen LogP) is 3.14. The Hall–Kier alpha value is -3.22. The van der Waals surface area contributed by atoms with E-state index in [-0.39, 0.29) is 12.5 Å². The van der Waals surface area contributed by atoms with Gasteiger partial charge in [0.25, 0.3) is 5.91 Å². The second-order valence-corrected chi connectivity index (χ2v) is 7.35. The van der Waals surface area contributed by atoms with Crippen molar-refractivity contribution in [2.24, 2.45) is 0 Å². The van der Waals surface area contributed by atoms with Crippen LogP contribution in [0.3, 0.4) is 0 Å². The van der Waals surface area contributed by atoms with Crippen LogP contribution in [0.1, 0.15) is 17.0 Å². The Morgan fingerprint density at radius 2 is 2.07 bits per heavy atom. The van der Waals surface area contributed by atoms with Crippen molar-refractivity contribution in [3.8, 4) is 11.8 Å². The van der Waals surface area contributed by atoms with Gasteiger partial charge in [-0.15, -0.1) is 10.2 Å². The summed E-state index contributed by atoms with van der Waals surface area (Å²) in [5.74, 6) is 7.31. The fourth-order valence-electron chi connectivity index (χ4n) is 2.33. The van der Waals surface area contributed by atoms with Gasteiger partial charge in [0.2, 0.25) is 5.16 Å². The van der Waals surface area contributed by atoms with Crippen molar-refractivity contribution in [3.05, 3.63) is 64.4 Å². The Balaban J connectivity index is 1.51. The first-order valence-corrected chi connectivity index (χ1v) is 9.84. The van der Waals surface area contributed by atoms with E-state index < -0.39 is 0 Å². The highest BCUT2D eigenvalue weighted by atomic mass is 35.5. The van der Waals surface area contributed by atoms with Crippen LogP contribution in [0.2, 0.25) is 5.02 Å². The molecule has 0 atom stereocenters. The van der Waals surface area contributed by atoms with Gasteiger partial charge in [0, 0.05) is 10.8 Å². The molecule has 0 saturated heterocycles. The van der Waals surface area contributed by atoms with Crippen molar-refractivity contribution in [1.82, 2.24) is 14.9 Å². The van der Waals surface area contributed by atoms with Gasteiger partial charge in [-0.2, -0.15) is 5.26 Å². The van der Waals surface area contributed by atoms with Crippen molar-refractivity contribution in [1.29, 1.82) is 5.26 Å². The molecule has 3 aromatic rings. The minimum atomic E-state index is -0.388. The Morgan fingerprint density at radius 3 is 2.72 bits per heavy atom. The number of nitriles is 1. The second-order valence-electron chi connectivity index (χ2n) is 5.97. The zero-order chi connectivity index (χ0) is 20.8. The van der Waals surface area contributed by atoms with Crippen LogP contribution < -0.4 is 15.9 Å². The van der Waals surface area contributed by atoms with Crippen LogP contribution in [0, 0.1) is 18.3 Å². The number of rotatable bonds is 7. The molecule has 3 N–H and O–H groups in total. The number of anilines is 1. The molecule has 0 aliphatic rings. The summed E-state index contributed by atoms with van der Waals surface area (Å²) in [6.45, 7) is 1.59. The summed E-state index contributed by atoms with van der Waals surface area (Å²) in [5.41, 5.74) is 1.72. The molecule has 3 rings (SSSR count). The molecule has 2 aromatic carbocycles. The third kappa shape index (κ3) is 5.40. The number of carbonyl (C=O) groups excluding carboxylic acids is 1. The molecule has 0 saturated carbocycles. The molecule has 0 fully saturated rings. The second kappa shape index (κ2) is 9.32. The van der Waals surface area contributed by atoms with E-state index in [9.17, 15) is 4.79 Å². The number of aromatic nitrogens is 3. The number of nitrogens with two attached hydrogens (primary N) is 1. The maximum absolute atomic E-state index is 12.1. The van der Waals surface area contributed by atoms with Gasteiger partial charge in [-0.25, -0.2) is 4.68 Å². The standard InChI is InChI=1S/C19H17ClN6O2S/c1-12-24-25-19(26(12)22)29-11-13-2-6-16(7-3-13)28-10-18(27)23-17-8-15(20)5-4-14(17)9-21/h2-8H,10-11,22H2,1H3,(H,23,27). The molecule has 1 amide bonds. The number of halogens is 1.